The quantitative estimate of drug-likeness (QED) is 0.643. The lowest BCUT2D eigenvalue weighted by atomic mass is 10.2. The Morgan fingerprint density at radius 1 is 1.19 bits per heavy atom. The second kappa shape index (κ2) is 7.65. The van der Waals surface area contributed by atoms with E-state index in [0.29, 0.717) is 24.4 Å². The first-order valence-corrected chi connectivity index (χ1v) is 8.03. The second-order valence-corrected chi connectivity index (χ2v) is 5.73. The van der Waals surface area contributed by atoms with Crippen molar-refractivity contribution in [3.05, 3.63) is 59.7 Å². The van der Waals surface area contributed by atoms with Crippen LogP contribution in [0.3, 0.4) is 0 Å². The maximum Gasteiger partial charge on any atom is 0.419 e. The van der Waals surface area contributed by atoms with Crippen LogP contribution < -0.4 is 10.1 Å². The molecule has 2 N–H and O–H groups in total. The monoisotopic (exact) mass is 381 g/mol. The van der Waals surface area contributed by atoms with Crippen LogP contribution in [0.4, 0.5) is 17.6 Å². The molecule has 1 aromatic heterocycles. The van der Waals surface area contributed by atoms with Crippen molar-refractivity contribution in [3.8, 4) is 5.75 Å². The summed E-state index contributed by atoms with van der Waals surface area (Å²) < 4.78 is 56.2. The van der Waals surface area contributed by atoms with Gasteiger partial charge < -0.3 is 15.0 Å². The summed E-state index contributed by atoms with van der Waals surface area (Å²) in [6.45, 7) is -0.206. The van der Waals surface area contributed by atoms with E-state index in [1.54, 1.807) is 0 Å². The number of carbonyl (C=O) groups excluding carboxylic acids is 1. The number of alkyl halides is 3. The number of rotatable bonds is 6. The summed E-state index contributed by atoms with van der Waals surface area (Å²) in [6, 6.07) is 9.70. The molecule has 0 spiro atoms. The molecule has 0 unspecified atom stereocenters. The number of halogens is 4. The molecular weight excluding hydrogens is 366 g/mol. The predicted molar refractivity (Wildman–Crippen MR) is 89.7 cm³/mol. The Bertz CT molecular complexity index is 920. The number of hydrogen-bond acceptors (Lipinski definition) is 3. The Labute approximate surface area is 151 Å². The van der Waals surface area contributed by atoms with Gasteiger partial charge in [-0.2, -0.15) is 13.2 Å². The maximum absolute atomic E-state index is 13.2. The molecule has 142 valence electrons. The molecule has 0 aliphatic carbocycles. The number of nitrogens with one attached hydrogen (secondary N) is 2. The Morgan fingerprint density at radius 2 is 1.96 bits per heavy atom. The highest BCUT2D eigenvalue weighted by Gasteiger charge is 2.34. The molecule has 0 saturated heterocycles. The van der Waals surface area contributed by atoms with Gasteiger partial charge in [0, 0.05) is 13.0 Å². The highest BCUT2D eigenvalue weighted by Crippen LogP contribution is 2.33. The fourth-order valence-corrected chi connectivity index (χ4v) is 2.46. The van der Waals surface area contributed by atoms with Crippen LogP contribution in [0.15, 0.2) is 42.5 Å². The summed E-state index contributed by atoms with van der Waals surface area (Å²) in [5.74, 6) is -1.45. The van der Waals surface area contributed by atoms with Crippen molar-refractivity contribution in [2.45, 2.75) is 12.6 Å². The number of H-pyrrole nitrogens is 1. The predicted octanol–water partition coefficient (Wildman–Crippen LogP) is 3.46. The van der Waals surface area contributed by atoms with Crippen LogP contribution in [-0.4, -0.2) is 29.0 Å². The summed E-state index contributed by atoms with van der Waals surface area (Å²) in [5.41, 5.74) is 0.267. The van der Waals surface area contributed by atoms with E-state index in [1.165, 1.54) is 0 Å². The van der Waals surface area contributed by atoms with Gasteiger partial charge in [-0.1, -0.05) is 12.1 Å². The molecule has 1 heterocycles. The number of nitrogens with zero attached hydrogens (tertiary/aromatic N) is 1. The van der Waals surface area contributed by atoms with Crippen LogP contribution in [0, 0.1) is 5.82 Å². The van der Waals surface area contributed by atoms with Gasteiger partial charge in [-0.25, -0.2) is 9.37 Å². The molecule has 5 nitrogen and oxygen atoms in total. The molecule has 0 radical (unpaired) electrons. The first-order chi connectivity index (χ1) is 12.8. The molecule has 0 fully saturated rings. The zero-order valence-corrected chi connectivity index (χ0v) is 13.9. The topological polar surface area (TPSA) is 67.0 Å². The Kier molecular flexibility index (Phi) is 5.29. The van der Waals surface area contributed by atoms with Gasteiger partial charge in [0.25, 0.3) is 5.91 Å². The van der Waals surface area contributed by atoms with Crippen molar-refractivity contribution in [2.75, 3.05) is 13.2 Å². The molecular formula is C18H15F4N3O2. The van der Waals surface area contributed by atoms with E-state index >= 15 is 0 Å². The lowest BCUT2D eigenvalue weighted by Gasteiger charge is -2.11. The van der Waals surface area contributed by atoms with Gasteiger partial charge in [-0.3, -0.25) is 4.79 Å². The van der Waals surface area contributed by atoms with Crippen molar-refractivity contribution in [3.63, 3.8) is 0 Å². The van der Waals surface area contributed by atoms with E-state index < -0.39 is 30.1 Å². The van der Waals surface area contributed by atoms with Gasteiger partial charge in [-0.05, 0) is 30.3 Å². The normalized spacial score (nSPS) is 11.6. The molecule has 1 amide bonds. The zero-order chi connectivity index (χ0) is 19.4. The highest BCUT2D eigenvalue weighted by atomic mass is 19.4. The van der Waals surface area contributed by atoms with Crippen LogP contribution in [0.2, 0.25) is 0 Å². The van der Waals surface area contributed by atoms with Crippen LogP contribution in [0.25, 0.3) is 11.0 Å². The van der Waals surface area contributed by atoms with E-state index in [9.17, 15) is 22.4 Å². The third-order valence-electron chi connectivity index (χ3n) is 3.74. The molecule has 27 heavy (non-hydrogen) atoms. The van der Waals surface area contributed by atoms with Crippen molar-refractivity contribution in [1.82, 2.24) is 15.3 Å². The Morgan fingerprint density at radius 3 is 2.70 bits per heavy atom. The molecule has 0 aliphatic heterocycles. The number of carbonyl (C=O) groups is 1. The van der Waals surface area contributed by atoms with E-state index in [2.05, 4.69) is 15.3 Å². The Hall–Kier alpha value is -3.10. The van der Waals surface area contributed by atoms with Crippen LogP contribution in [0.5, 0.6) is 5.75 Å². The van der Waals surface area contributed by atoms with Gasteiger partial charge in [0.05, 0.1) is 16.6 Å². The van der Waals surface area contributed by atoms with Gasteiger partial charge in [0.15, 0.2) is 6.61 Å². The number of hydrogen-bond donors (Lipinski definition) is 2. The number of para-hydroxylation sites is 2. The standard InChI is InChI=1S/C18H15F4N3O2/c19-13-6-5-11(9-12(13)18(20,21)22)27-10-17(26)23-8-7-16-24-14-3-1-2-4-15(14)25-16/h1-6,9H,7-8,10H2,(H,23,26)(H,24,25). The summed E-state index contributed by atoms with van der Waals surface area (Å²) in [5, 5.41) is 2.58. The molecule has 0 bridgehead atoms. The summed E-state index contributed by atoms with van der Waals surface area (Å²) in [4.78, 5) is 19.2. The van der Waals surface area contributed by atoms with Crippen molar-refractivity contribution >= 4 is 16.9 Å². The number of aromatic amines is 1. The number of ether oxygens (including phenoxy) is 1. The summed E-state index contributed by atoms with van der Waals surface area (Å²) in [7, 11) is 0. The van der Waals surface area contributed by atoms with Crippen LogP contribution in [-0.2, 0) is 17.4 Å². The fraction of sp³-hybridized carbons (Fsp3) is 0.222. The van der Waals surface area contributed by atoms with Crippen LogP contribution in [0.1, 0.15) is 11.4 Å². The minimum atomic E-state index is -4.84. The van der Waals surface area contributed by atoms with Gasteiger partial charge in [0.2, 0.25) is 0 Å². The van der Waals surface area contributed by atoms with E-state index in [1.807, 2.05) is 24.3 Å². The average molecular weight is 381 g/mol. The average Bonchev–Trinajstić information content (AvgIpc) is 3.02. The van der Waals surface area contributed by atoms with Gasteiger partial charge in [0.1, 0.15) is 17.4 Å². The lowest BCUT2D eigenvalue weighted by molar-refractivity contribution is -0.140. The molecule has 0 aliphatic rings. The number of amides is 1. The summed E-state index contributed by atoms with van der Waals surface area (Å²) >= 11 is 0. The SMILES string of the molecule is O=C(COc1ccc(F)c(C(F)(F)F)c1)NCCc1nc2ccccc2[nH]1. The van der Waals surface area contributed by atoms with E-state index in [0.717, 1.165) is 17.1 Å². The molecule has 0 atom stereocenters. The number of imidazole rings is 1. The fourth-order valence-electron chi connectivity index (χ4n) is 2.46. The molecule has 3 aromatic rings. The first kappa shape index (κ1) is 18.7. The van der Waals surface area contributed by atoms with E-state index in [-0.39, 0.29) is 12.3 Å². The molecule has 2 aromatic carbocycles. The van der Waals surface area contributed by atoms with Crippen molar-refractivity contribution < 1.29 is 27.1 Å². The highest BCUT2D eigenvalue weighted by molar-refractivity contribution is 5.77. The van der Waals surface area contributed by atoms with Gasteiger partial charge >= 0.3 is 6.18 Å². The molecule has 3 rings (SSSR count). The second-order valence-electron chi connectivity index (χ2n) is 5.73. The van der Waals surface area contributed by atoms with Crippen LogP contribution >= 0.6 is 0 Å². The minimum Gasteiger partial charge on any atom is -0.484 e. The first-order valence-electron chi connectivity index (χ1n) is 8.03. The minimum absolute atomic E-state index is 0.240. The van der Waals surface area contributed by atoms with Crippen molar-refractivity contribution in [1.29, 1.82) is 0 Å². The summed E-state index contributed by atoms with van der Waals surface area (Å²) in [6.07, 6.45) is -4.38. The molecule has 9 heteroatoms. The third kappa shape index (κ3) is 4.75. The van der Waals surface area contributed by atoms with E-state index in [4.69, 9.17) is 4.74 Å². The smallest absolute Gasteiger partial charge is 0.419 e. The zero-order valence-electron chi connectivity index (χ0n) is 13.9. The Balaban J connectivity index is 1.48. The maximum atomic E-state index is 13.2. The third-order valence-corrected chi connectivity index (χ3v) is 3.74. The number of aromatic nitrogens is 2. The lowest BCUT2D eigenvalue weighted by Crippen LogP contribution is -2.30. The molecule has 0 saturated carbocycles. The van der Waals surface area contributed by atoms with Crippen molar-refractivity contribution in [2.24, 2.45) is 0 Å². The largest absolute Gasteiger partial charge is 0.484 e. The van der Waals surface area contributed by atoms with Gasteiger partial charge in [-0.15, -0.1) is 0 Å². The number of benzene rings is 2. The number of fused-ring (bicyclic) bond motifs is 1.